The van der Waals surface area contributed by atoms with Crippen LogP contribution in [0.5, 0.6) is 5.75 Å². The summed E-state index contributed by atoms with van der Waals surface area (Å²) >= 11 is 6.11. The number of carbonyl (C=O) groups is 2. The molecule has 1 N–H and O–H groups in total. The highest BCUT2D eigenvalue weighted by molar-refractivity contribution is 6.32. The minimum Gasteiger partial charge on any atom is -0.495 e. The number of para-hydroxylation sites is 2. The van der Waals surface area contributed by atoms with Crippen LogP contribution >= 0.6 is 11.6 Å². The number of methoxy groups -OCH3 is 1. The Morgan fingerprint density at radius 2 is 1.92 bits per heavy atom. The highest BCUT2D eigenvalue weighted by Gasteiger charge is 2.40. The van der Waals surface area contributed by atoms with E-state index in [2.05, 4.69) is 5.32 Å². The molecule has 124 valence electrons. The van der Waals surface area contributed by atoms with Crippen molar-refractivity contribution < 1.29 is 14.3 Å². The topological polar surface area (TPSA) is 58.6 Å². The van der Waals surface area contributed by atoms with Crippen molar-refractivity contribution in [3.05, 3.63) is 53.1 Å². The number of nitrogens with one attached hydrogen (secondary N) is 1. The Balaban J connectivity index is 1.88. The Hall–Kier alpha value is -2.53. The Morgan fingerprint density at radius 1 is 1.17 bits per heavy atom. The highest BCUT2D eigenvalue weighted by atomic mass is 35.5. The number of hydrogen-bond donors (Lipinski definition) is 1. The molecule has 5 nitrogen and oxygen atoms in total. The van der Waals surface area contributed by atoms with Gasteiger partial charge >= 0.3 is 0 Å². The monoisotopic (exact) mass is 344 g/mol. The third kappa shape index (κ3) is 2.83. The summed E-state index contributed by atoms with van der Waals surface area (Å²) in [5, 5.41) is 3.63. The van der Waals surface area contributed by atoms with Gasteiger partial charge in [0.15, 0.2) is 0 Å². The summed E-state index contributed by atoms with van der Waals surface area (Å²) in [6.07, 6.45) is 0.0861. The van der Waals surface area contributed by atoms with Crippen LogP contribution in [0.4, 0.5) is 11.4 Å². The maximum Gasteiger partial charge on any atom is 0.256 e. The third-order valence-electron chi connectivity index (χ3n) is 4.06. The van der Waals surface area contributed by atoms with Crippen LogP contribution in [0.2, 0.25) is 5.02 Å². The van der Waals surface area contributed by atoms with Crippen molar-refractivity contribution in [2.24, 2.45) is 0 Å². The second-order valence-corrected chi connectivity index (χ2v) is 5.96. The average molecular weight is 345 g/mol. The Bertz CT molecular complexity index is 807. The standard InChI is InChI=1S/C18H17ClN2O3/c1-11-12(19)6-5-8-15(11)21-17(22)10-14(18(21)23)20-13-7-3-4-9-16(13)24-2/h3-9,14,20H,10H2,1-2H3. The maximum atomic E-state index is 12.7. The van der Waals surface area contributed by atoms with Crippen LogP contribution in [0.25, 0.3) is 0 Å². The van der Waals surface area contributed by atoms with E-state index in [1.54, 1.807) is 38.3 Å². The van der Waals surface area contributed by atoms with E-state index < -0.39 is 6.04 Å². The summed E-state index contributed by atoms with van der Waals surface area (Å²) in [5.74, 6) is 0.0733. The van der Waals surface area contributed by atoms with E-state index >= 15 is 0 Å². The highest BCUT2D eigenvalue weighted by Crippen LogP contribution is 2.32. The minimum atomic E-state index is -0.632. The second-order valence-electron chi connectivity index (χ2n) is 5.55. The van der Waals surface area contributed by atoms with E-state index in [0.717, 1.165) is 0 Å². The summed E-state index contributed by atoms with van der Waals surface area (Å²) in [6.45, 7) is 1.79. The lowest BCUT2D eigenvalue weighted by Crippen LogP contribution is -2.35. The van der Waals surface area contributed by atoms with Crippen LogP contribution in [0, 0.1) is 6.92 Å². The molecule has 1 atom stereocenters. The summed E-state index contributed by atoms with van der Waals surface area (Å²) in [4.78, 5) is 26.3. The van der Waals surface area contributed by atoms with E-state index in [1.807, 2.05) is 18.2 Å². The molecule has 1 unspecified atom stereocenters. The Kier molecular flexibility index (Phi) is 4.44. The number of nitrogens with zero attached hydrogens (tertiary/aromatic N) is 1. The van der Waals surface area contributed by atoms with Crippen LogP contribution < -0.4 is 15.0 Å². The van der Waals surface area contributed by atoms with E-state index in [1.165, 1.54) is 4.90 Å². The van der Waals surface area contributed by atoms with Crippen molar-refractivity contribution in [3.8, 4) is 5.75 Å². The maximum absolute atomic E-state index is 12.7. The second kappa shape index (κ2) is 6.53. The zero-order valence-electron chi connectivity index (χ0n) is 13.4. The number of anilines is 2. The van der Waals surface area contributed by atoms with Gasteiger partial charge in [-0.1, -0.05) is 29.8 Å². The molecule has 2 amide bonds. The average Bonchev–Trinajstić information content (AvgIpc) is 2.85. The minimum absolute atomic E-state index is 0.0861. The molecular formula is C18H17ClN2O3. The van der Waals surface area contributed by atoms with Gasteiger partial charge in [0.05, 0.1) is 24.9 Å². The van der Waals surface area contributed by atoms with Crippen LogP contribution in [0.3, 0.4) is 0 Å². The lowest BCUT2D eigenvalue weighted by atomic mass is 10.2. The number of benzene rings is 2. The van der Waals surface area contributed by atoms with Gasteiger partial charge in [0.2, 0.25) is 5.91 Å². The molecule has 0 aromatic heterocycles. The van der Waals surface area contributed by atoms with Gasteiger partial charge in [-0.15, -0.1) is 0 Å². The van der Waals surface area contributed by atoms with E-state index in [-0.39, 0.29) is 18.2 Å². The van der Waals surface area contributed by atoms with Gasteiger partial charge in [-0.3, -0.25) is 9.59 Å². The van der Waals surface area contributed by atoms with E-state index in [9.17, 15) is 9.59 Å². The van der Waals surface area contributed by atoms with Crippen molar-refractivity contribution in [2.45, 2.75) is 19.4 Å². The largest absolute Gasteiger partial charge is 0.495 e. The number of imide groups is 1. The van der Waals surface area contributed by atoms with E-state index in [0.29, 0.717) is 27.7 Å². The van der Waals surface area contributed by atoms with Crippen LogP contribution in [0.1, 0.15) is 12.0 Å². The molecule has 1 saturated heterocycles. The molecule has 0 aliphatic carbocycles. The normalized spacial score (nSPS) is 17.3. The smallest absolute Gasteiger partial charge is 0.256 e. The number of amides is 2. The molecule has 1 fully saturated rings. The molecule has 0 saturated carbocycles. The van der Waals surface area contributed by atoms with Crippen LogP contribution in [-0.4, -0.2) is 25.0 Å². The fraction of sp³-hybridized carbons (Fsp3) is 0.222. The molecule has 0 spiro atoms. The molecular weight excluding hydrogens is 328 g/mol. The predicted octanol–water partition coefficient (Wildman–Crippen LogP) is 3.40. The van der Waals surface area contributed by atoms with E-state index in [4.69, 9.17) is 16.3 Å². The summed E-state index contributed by atoms with van der Waals surface area (Å²) in [5.41, 5.74) is 1.91. The SMILES string of the molecule is COc1ccccc1NC1CC(=O)N(c2cccc(Cl)c2C)C1=O. The predicted molar refractivity (Wildman–Crippen MR) is 93.7 cm³/mol. The summed E-state index contributed by atoms with van der Waals surface area (Å²) < 4.78 is 5.27. The van der Waals surface area contributed by atoms with Gasteiger partial charge in [-0.25, -0.2) is 4.90 Å². The molecule has 0 radical (unpaired) electrons. The zero-order valence-corrected chi connectivity index (χ0v) is 14.1. The molecule has 6 heteroatoms. The van der Waals surface area contributed by atoms with Gasteiger partial charge < -0.3 is 10.1 Å². The number of halogens is 1. The van der Waals surface area contributed by atoms with Gasteiger partial charge in [-0.05, 0) is 36.8 Å². The first kappa shape index (κ1) is 16.3. The first-order chi connectivity index (χ1) is 11.5. The van der Waals surface area contributed by atoms with Crippen molar-refractivity contribution in [1.29, 1.82) is 0 Å². The Labute approximate surface area is 145 Å². The first-order valence-electron chi connectivity index (χ1n) is 7.54. The lowest BCUT2D eigenvalue weighted by Gasteiger charge is -2.19. The van der Waals surface area contributed by atoms with Gasteiger partial charge in [-0.2, -0.15) is 0 Å². The van der Waals surface area contributed by atoms with Gasteiger partial charge in [0, 0.05) is 5.02 Å². The van der Waals surface area contributed by atoms with Crippen molar-refractivity contribution in [3.63, 3.8) is 0 Å². The zero-order chi connectivity index (χ0) is 17.3. The molecule has 2 aromatic rings. The molecule has 1 aliphatic heterocycles. The third-order valence-corrected chi connectivity index (χ3v) is 4.47. The summed E-state index contributed by atoms with van der Waals surface area (Å²) in [6, 6.07) is 11.8. The number of hydrogen-bond acceptors (Lipinski definition) is 4. The molecule has 2 aromatic carbocycles. The fourth-order valence-electron chi connectivity index (χ4n) is 2.79. The van der Waals surface area contributed by atoms with Crippen molar-refractivity contribution in [1.82, 2.24) is 0 Å². The quantitative estimate of drug-likeness (QED) is 0.864. The molecule has 0 bridgehead atoms. The molecule has 3 rings (SSSR count). The molecule has 24 heavy (non-hydrogen) atoms. The van der Waals surface area contributed by atoms with Crippen LogP contribution in [-0.2, 0) is 9.59 Å². The number of carbonyl (C=O) groups excluding carboxylic acids is 2. The first-order valence-corrected chi connectivity index (χ1v) is 7.92. The lowest BCUT2D eigenvalue weighted by molar-refractivity contribution is -0.121. The number of rotatable bonds is 4. The molecule has 1 aliphatic rings. The Morgan fingerprint density at radius 3 is 2.67 bits per heavy atom. The van der Waals surface area contributed by atoms with Crippen molar-refractivity contribution >= 4 is 34.8 Å². The van der Waals surface area contributed by atoms with Crippen LogP contribution in [0.15, 0.2) is 42.5 Å². The van der Waals surface area contributed by atoms with Crippen molar-refractivity contribution in [2.75, 3.05) is 17.3 Å². The fourth-order valence-corrected chi connectivity index (χ4v) is 2.96. The van der Waals surface area contributed by atoms with Gasteiger partial charge in [0.25, 0.3) is 5.91 Å². The summed E-state index contributed by atoms with van der Waals surface area (Å²) in [7, 11) is 1.56. The molecule has 1 heterocycles. The number of ether oxygens (including phenoxy) is 1. The van der Waals surface area contributed by atoms with Gasteiger partial charge in [0.1, 0.15) is 11.8 Å².